The topological polar surface area (TPSA) is 64.7 Å². The second kappa shape index (κ2) is 11.5. The zero-order valence-corrected chi connectivity index (χ0v) is 18.7. The van der Waals surface area contributed by atoms with E-state index in [9.17, 15) is 9.59 Å². The number of benzene rings is 2. The zero-order chi connectivity index (χ0) is 22.1. The van der Waals surface area contributed by atoms with Crippen molar-refractivity contribution in [2.45, 2.75) is 46.1 Å². The molecule has 0 saturated carbocycles. The van der Waals surface area contributed by atoms with Crippen LogP contribution in [0.15, 0.2) is 48.5 Å². The van der Waals surface area contributed by atoms with Crippen LogP contribution in [0.3, 0.4) is 0 Å². The van der Waals surface area contributed by atoms with Crippen LogP contribution in [0.4, 0.5) is 16.2 Å². The van der Waals surface area contributed by atoms with Gasteiger partial charge in [-0.1, -0.05) is 49.7 Å². The van der Waals surface area contributed by atoms with Crippen molar-refractivity contribution in [2.75, 3.05) is 36.8 Å². The fourth-order valence-electron chi connectivity index (χ4n) is 3.87. The van der Waals surface area contributed by atoms with Crippen molar-refractivity contribution in [2.24, 2.45) is 0 Å². The van der Waals surface area contributed by atoms with Crippen LogP contribution in [0, 0.1) is 6.92 Å². The summed E-state index contributed by atoms with van der Waals surface area (Å²) in [6, 6.07) is 15.5. The molecule has 1 fully saturated rings. The number of hydrogen-bond acceptors (Lipinski definition) is 3. The highest BCUT2D eigenvalue weighted by molar-refractivity contribution is 5.95. The minimum atomic E-state index is -0.139. The molecule has 6 nitrogen and oxygen atoms in total. The molecule has 0 aliphatic carbocycles. The Kier molecular flexibility index (Phi) is 8.47. The van der Waals surface area contributed by atoms with Gasteiger partial charge in [0.2, 0.25) is 5.91 Å². The summed E-state index contributed by atoms with van der Waals surface area (Å²) in [5.41, 5.74) is 3.49. The lowest BCUT2D eigenvalue weighted by atomic mass is 10.1. The van der Waals surface area contributed by atoms with Gasteiger partial charge < -0.3 is 15.5 Å². The summed E-state index contributed by atoms with van der Waals surface area (Å²) >= 11 is 0. The summed E-state index contributed by atoms with van der Waals surface area (Å²) in [5, 5.41) is 6.01. The minimum Gasteiger partial charge on any atom is -0.325 e. The quantitative estimate of drug-likeness (QED) is 0.638. The summed E-state index contributed by atoms with van der Waals surface area (Å²) in [6.45, 7) is 7.64. The van der Waals surface area contributed by atoms with Crippen LogP contribution in [-0.2, 0) is 11.3 Å². The van der Waals surface area contributed by atoms with Gasteiger partial charge in [0.1, 0.15) is 0 Å². The third kappa shape index (κ3) is 7.10. The number of carbonyl (C=O) groups excluding carboxylic acids is 2. The van der Waals surface area contributed by atoms with Gasteiger partial charge in [0, 0.05) is 24.5 Å². The largest absolute Gasteiger partial charge is 0.325 e. The van der Waals surface area contributed by atoms with E-state index in [1.54, 1.807) is 0 Å². The molecule has 1 heterocycles. The molecule has 0 aromatic heterocycles. The number of likely N-dealkylation sites (tertiary alicyclic amines) is 1. The van der Waals surface area contributed by atoms with E-state index in [0.717, 1.165) is 49.2 Å². The number of amides is 3. The number of anilines is 2. The number of nitrogens with one attached hydrogen (secondary N) is 2. The van der Waals surface area contributed by atoms with Crippen LogP contribution in [-0.4, -0.2) is 47.9 Å². The van der Waals surface area contributed by atoms with Gasteiger partial charge in [0.25, 0.3) is 0 Å². The number of carbonyl (C=O) groups is 2. The molecule has 3 amide bonds. The number of rotatable bonds is 8. The van der Waals surface area contributed by atoms with Crippen molar-refractivity contribution in [3.05, 3.63) is 59.7 Å². The van der Waals surface area contributed by atoms with Crippen LogP contribution in [0.1, 0.15) is 43.7 Å². The number of urea groups is 1. The van der Waals surface area contributed by atoms with Gasteiger partial charge in [-0.25, -0.2) is 4.79 Å². The van der Waals surface area contributed by atoms with Gasteiger partial charge in [-0.2, -0.15) is 0 Å². The maximum Gasteiger partial charge on any atom is 0.322 e. The Labute approximate surface area is 185 Å². The van der Waals surface area contributed by atoms with Crippen molar-refractivity contribution in [1.29, 1.82) is 0 Å². The average molecular weight is 423 g/mol. The minimum absolute atomic E-state index is 0.00911. The molecule has 1 aliphatic heterocycles. The van der Waals surface area contributed by atoms with E-state index in [2.05, 4.69) is 22.5 Å². The summed E-state index contributed by atoms with van der Waals surface area (Å²) < 4.78 is 0. The standard InChI is InChI=1S/C25H34N4O2/c1-3-14-29(18-21-10-6-4-7-11-21)25(31)26-22-13-12-20(2)23(17-22)27-24(30)19-28-15-8-5-9-16-28/h4,6-7,10-13,17H,3,5,8-9,14-16,18-19H2,1-2H3,(H,26,31)(H,27,30). The number of hydrogen-bond donors (Lipinski definition) is 2. The van der Waals surface area contributed by atoms with Gasteiger partial charge in [0.05, 0.1) is 6.54 Å². The lowest BCUT2D eigenvalue weighted by Crippen LogP contribution is -2.37. The predicted molar refractivity (Wildman–Crippen MR) is 126 cm³/mol. The Morgan fingerprint density at radius 3 is 2.45 bits per heavy atom. The first kappa shape index (κ1) is 22.8. The molecule has 0 radical (unpaired) electrons. The summed E-state index contributed by atoms with van der Waals surface area (Å²) in [6.07, 6.45) is 4.44. The first-order valence-corrected chi connectivity index (χ1v) is 11.3. The SMILES string of the molecule is CCCN(Cc1ccccc1)C(=O)Nc1ccc(C)c(NC(=O)CN2CCCCC2)c1. The van der Waals surface area contributed by atoms with E-state index in [1.807, 2.05) is 60.4 Å². The van der Waals surface area contributed by atoms with E-state index in [4.69, 9.17) is 0 Å². The Hall–Kier alpha value is -2.86. The van der Waals surface area contributed by atoms with Gasteiger partial charge in [-0.05, 0) is 62.5 Å². The highest BCUT2D eigenvalue weighted by Crippen LogP contribution is 2.21. The van der Waals surface area contributed by atoms with E-state index >= 15 is 0 Å². The second-order valence-corrected chi connectivity index (χ2v) is 8.25. The summed E-state index contributed by atoms with van der Waals surface area (Å²) in [7, 11) is 0. The average Bonchev–Trinajstić information content (AvgIpc) is 2.77. The number of piperidine rings is 1. The fraction of sp³-hybridized carbons (Fsp3) is 0.440. The first-order chi connectivity index (χ1) is 15.0. The summed E-state index contributed by atoms with van der Waals surface area (Å²) in [5.74, 6) is -0.00911. The third-order valence-electron chi connectivity index (χ3n) is 5.58. The lowest BCUT2D eigenvalue weighted by Gasteiger charge is -2.26. The lowest BCUT2D eigenvalue weighted by molar-refractivity contribution is -0.117. The fourth-order valence-corrected chi connectivity index (χ4v) is 3.87. The molecule has 0 bridgehead atoms. The molecular formula is C25H34N4O2. The number of nitrogens with zero attached hydrogens (tertiary/aromatic N) is 2. The summed E-state index contributed by atoms with van der Waals surface area (Å²) in [4.78, 5) is 29.4. The zero-order valence-electron chi connectivity index (χ0n) is 18.7. The Bertz CT molecular complexity index is 863. The molecule has 3 rings (SSSR count). The molecule has 0 unspecified atom stereocenters. The highest BCUT2D eigenvalue weighted by Gasteiger charge is 2.16. The van der Waals surface area contributed by atoms with Crippen molar-refractivity contribution >= 4 is 23.3 Å². The smallest absolute Gasteiger partial charge is 0.322 e. The molecule has 2 aromatic carbocycles. The van der Waals surface area contributed by atoms with Crippen molar-refractivity contribution in [3.63, 3.8) is 0 Å². The van der Waals surface area contributed by atoms with Gasteiger partial charge >= 0.3 is 6.03 Å². The van der Waals surface area contributed by atoms with E-state index < -0.39 is 0 Å². The first-order valence-electron chi connectivity index (χ1n) is 11.3. The Balaban J connectivity index is 1.62. The van der Waals surface area contributed by atoms with Gasteiger partial charge in [0.15, 0.2) is 0 Å². The second-order valence-electron chi connectivity index (χ2n) is 8.25. The molecular weight excluding hydrogens is 388 g/mol. The van der Waals surface area contributed by atoms with Crippen molar-refractivity contribution in [1.82, 2.24) is 9.80 Å². The van der Waals surface area contributed by atoms with E-state index in [1.165, 1.54) is 6.42 Å². The van der Waals surface area contributed by atoms with Crippen molar-refractivity contribution in [3.8, 4) is 0 Å². The maximum atomic E-state index is 12.9. The maximum absolute atomic E-state index is 12.9. The Morgan fingerprint density at radius 2 is 1.74 bits per heavy atom. The third-order valence-corrected chi connectivity index (χ3v) is 5.58. The molecule has 6 heteroatoms. The van der Waals surface area contributed by atoms with Gasteiger partial charge in [-0.15, -0.1) is 0 Å². The van der Waals surface area contributed by atoms with Crippen molar-refractivity contribution < 1.29 is 9.59 Å². The molecule has 2 N–H and O–H groups in total. The molecule has 1 aliphatic rings. The highest BCUT2D eigenvalue weighted by atomic mass is 16.2. The monoisotopic (exact) mass is 422 g/mol. The molecule has 1 saturated heterocycles. The van der Waals surface area contributed by atoms with Crippen LogP contribution in [0.2, 0.25) is 0 Å². The van der Waals surface area contributed by atoms with Crippen LogP contribution in [0.25, 0.3) is 0 Å². The van der Waals surface area contributed by atoms with Crippen LogP contribution < -0.4 is 10.6 Å². The van der Waals surface area contributed by atoms with Gasteiger partial charge in [-0.3, -0.25) is 9.69 Å². The van der Waals surface area contributed by atoms with E-state index in [0.29, 0.717) is 25.3 Å². The Morgan fingerprint density at radius 1 is 1.00 bits per heavy atom. The van der Waals surface area contributed by atoms with Crippen LogP contribution in [0.5, 0.6) is 0 Å². The molecule has 31 heavy (non-hydrogen) atoms. The normalized spacial score (nSPS) is 14.1. The molecule has 166 valence electrons. The molecule has 2 aromatic rings. The van der Waals surface area contributed by atoms with Crippen LogP contribution >= 0.6 is 0 Å². The predicted octanol–water partition coefficient (Wildman–Crippen LogP) is 4.86. The number of aryl methyl sites for hydroxylation is 1. The molecule has 0 atom stereocenters. The molecule has 0 spiro atoms. The van der Waals surface area contributed by atoms with E-state index in [-0.39, 0.29) is 11.9 Å².